The maximum atomic E-state index is 12.1. The van der Waals surface area contributed by atoms with Crippen molar-refractivity contribution in [1.29, 1.82) is 0 Å². The summed E-state index contributed by atoms with van der Waals surface area (Å²) in [6, 6.07) is -3.61. The number of amides is 4. The summed E-state index contributed by atoms with van der Waals surface area (Å²) in [5.74, 6) is -4.38. The summed E-state index contributed by atoms with van der Waals surface area (Å²) in [6.07, 6.45) is -0.592. The Morgan fingerprint density at radius 3 is 1.97 bits per heavy atom. The third-order valence-electron chi connectivity index (χ3n) is 3.58. The molecule has 3 atom stereocenters. The van der Waals surface area contributed by atoms with Crippen molar-refractivity contribution in [3.8, 4) is 0 Å². The Morgan fingerprint density at radius 2 is 1.40 bits per heavy atom. The van der Waals surface area contributed by atoms with Crippen LogP contribution in [0.2, 0.25) is 0 Å². The number of hydrogen-bond donors (Lipinski definition) is 5. The van der Waals surface area contributed by atoms with E-state index in [1.54, 1.807) is 7.11 Å². The van der Waals surface area contributed by atoms with E-state index in [0.717, 1.165) is 0 Å². The normalized spacial score (nSPS) is 13.6. The lowest BCUT2D eigenvalue weighted by atomic mass is 10.1. The molecule has 0 unspecified atom stereocenters. The molecule has 0 fully saturated rings. The van der Waals surface area contributed by atoms with Crippen molar-refractivity contribution in [2.24, 2.45) is 5.73 Å². The van der Waals surface area contributed by atoms with Crippen LogP contribution in [0, 0.1) is 0 Å². The van der Waals surface area contributed by atoms with Crippen LogP contribution in [0.25, 0.3) is 0 Å². The van der Waals surface area contributed by atoms with Crippen LogP contribution in [-0.4, -0.2) is 93.0 Å². The van der Waals surface area contributed by atoms with Gasteiger partial charge in [-0.15, -0.1) is 0 Å². The van der Waals surface area contributed by atoms with E-state index in [2.05, 4.69) is 16.0 Å². The molecule has 0 heterocycles. The van der Waals surface area contributed by atoms with Gasteiger partial charge in [-0.2, -0.15) is 0 Å². The molecule has 0 aromatic rings. The van der Waals surface area contributed by atoms with E-state index in [-0.39, 0.29) is 19.8 Å². The van der Waals surface area contributed by atoms with E-state index >= 15 is 0 Å². The summed E-state index contributed by atoms with van der Waals surface area (Å²) in [6.45, 7) is 3.76. The number of rotatable bonds is 16. The number of primary amides is 1. The third kappa shape index (κ3) is 12.6. The number of carboxylic acids is 1. The maximum absolute atomic E-state index is 12.1. The van der Waals surface area contributed by atoms with Crippen molar-refractivity contribution in [3.05, 3.63) is 0 Å². The monoisotopic (exact) mass is 434 g/mol. The number of aliphatic carboxylic acids is 1. The first-order valence-electron chi connectivity index (χ1n) is 9.14. The average molecular weight is 434 g/mol. The van der Waals surface area contributed by atoms with Gasteiger partial charge in [0, 0.05) is 7.11 Å². The second kappa shape index (κ2) is 15.1. The number of carbonyl (C=O) groups excluding carboxylic acids is 4. The van der Waals surface area contributed by atoms with E-state index in [4.69, 9.17) is 25.1 Å². The molecule has 30 heavy (non-hydrogen) atoms. The van der Waals surface area contributed by atoms with Crippen LogP contribution in [0.3, 0.4) is 0 Å². The Labute approximate surface area is 174 Å². The van der Waals surface area contributed by atoms with E-state index in [1.165, 1.54) is 13.8 Å². The Bertz CT molecular complexity index is 600. The minimum atomic E-state index is -1.51. The van der Waals surface area contributed by atoms with Gasteiger partial charge in [-0.05, 0) is 13.8 Å². The molecule has 0 aliphatic heterocycles. The highest BCUT2D eigenvalue weighted by atomic mass is 16.5. The Morgan fingerprint density at radius 1 is 0.867 bits per heavy atom. The number of nitrogens with one attached hydrogen (secondary N) is 3. The average Bonchev–Trinajstić information content (AvgIpc) is 2.65. The number of carbonyl (C=O) groups is 5. The fourth-order valence-electron chi connectivity index (χ4n) is 1.98. The van der Waals surface area contributed by atoms with Gasteiger partial charge in [-0.1, -0.05) is 0 Å². The highest BCUT2D eigenvalue weighted by Gasteiger charge is 2.26. The van der Waals surface area contributed by atoms with Gasteiger partial charge in [0.05, 0.1) is 32.8 Å². The minimum Gasteiger partial charge on any atom is -0.480 e. The fraction of sp³-hybridized carbons (Fsp3) is 0.706. The topological polar surface area (TPSA) is 195 Å². The fourth-order valence-corrected chi connectivity index (χ4v) is 1.98. The molecule has 0 saturated heterocycles. The van der Waals surface area contributed by atoms with Gasteiger partial charge in [0.15, 0.2) is 0 Å². The predicted molar refractivity (Wildman–Crippen MR) is 102 cm³/mol. The molecule has 0 aliphatic rings. The lowest BCUT2D eigenvalue weighted by molar-refractivity contribution is -0.143. The van der Waals surface area contributed by atoms with Crippen LogP contribution in [-0.2, 0) is 38.2 Å². The van der Waals surface area contributed by atoms with Crippen molar-refractivity contribution >= 4 is 29.6 Å². The van der Waals surface area contributed by atoms with Gasteiger partial charge in [0.1, 0.15) is 24.7 Å². The number of carboxylic acid groups (broad SMARTS) is 1. The zero-order valence-corrected chi connectivity index (χ0v) is 17.3. The zero-order chi connectivity index (χ0) is 23.1. The molecule has 0 aromatic carbocycles. The van der Waals surface area contributed by atoms with Gasteiger partial charge in [0.25, 0.3) is 0 Å². The van der Waals surface area contributed by atoms with Crippen molar-refractivity contribution in [2.45, 2.75) is 38.4 Å². The van der Waals surface area contributed by atoms with Crippen LogP contribution >= 0.6 is 0 Å². The molecule has 0 saturated carbocycles. The zero-order valence-electron chi connectivity index (χ0n) is 17.3. The molecule has 0 radical (unpaired) electrons. The number of nitrogens with two attached hydrogens (primary N) is 1. The van der Waals surface area contributed by atoms with Crippen molar-refractivity contribution < 1.29 is 43.3 Å². The molecule has 4 amide bonds. The predicted octanol–water partition coefficient (Wildman–Crippen LogP) is -2.88. The first-order chi connectivity index (χ1) is 14.1. The molecule has 0 aromatic heterocycles. The summed E-state index contributed by atoms with van der Waals surface area (Å²) in [5.41, 5.74) is 4.93. The van der Waals surface area contributed by atoms with Crippen LogP contribution < -0.4 is 21.7 Å². The molecular weight excluding hydrogens is 404 g/mol. The highest BCUT2D eigenvalue weighted by Crippen LogP contribution is 1.95. The van der Waals surface area contributed by atoms with Gasteiger partial charge in [-0.25, -0.2) is 4.79 Å². The first kappa shape index (κ1) is 27.2. The summed E-state index contributed by atoms with van der Waals surface area (Å²) in [7, 11) is 1.55. The largest absolute Gasteiger partial charge is 0.480 e. The maximum Gasteiger partial charge on any atom is 0.326 e. The van der Waals surface area contributed by atoms with E-state index in [1.807, 2.05) is 0 Å². The van der Waals surface area contributed by atoms with Crippen LogP contribution in [0.1, 0.15) is 20.3 Å². The Hall–Kier alpha value is -2.77. The lowest BCUT2D eigenvalue weighted by Gasteiger charge is -2.20. The molecular formula is C17H30N4O9. The van der Waals surface area contributed by atoms with Gasteiger partial charge >= 0.3 is 5.97 Å². The summed E-state index contributed by atoms with van der Waals surface area (Å²) >= 11 is 0. The second-order valence-corrected chi connectivity index (χ2v) is 6.25. The quantitative estimate of drug-likeness (QED) is 0.158. The highest BCUT2D eigenvalue weighted by molar-refractivity contribution is 5.94. The number of ether oxygens (including phenoxy) is 3. The van der Waals surface area contributed by atoms with Crippen molar-refractivity contribution in [1.82, 2.24) is 16.0 Å². The van der Waals surface area contributed by atoms with Crippen LogP contribution in [0.5, 0.6) is 0 Å². The summed E-state index contributed by atoms with van der Waals surface area (Å²) in [4.78, 5) is 57.8. The molecule has 0 rings (SSSR count). The van der Waals surface area contributed by atoms with Gasteiger partial charge in [0.2, 0.25) is 23.6 Å². The van der Waals surface area contributed by atoms with Crippen molar-refractivity contribution in [2.75, 3.05) is 40.1 Å². The van der Waals surface area contributed by atoms with E-state index in [9.17, 15) is 24.0 Å². The van der Waals surface area contributed by atoms with Crippen LogP contribution in [0.15, 0.2) is 0 Å². The van der Waals surface area contributed by atoms with Gasteiger partial charge < -0.3 is 41.0 Å². The van der Waals surface area contributed by atoms with Crippen molar-refractivity contribution in [3.63, 3.8) is 0 Å². The lowest BCUT2D eigenvalue weighted by Crippen LogP contribution is -2.54. The molecule has 0 spiro atoms. The first-order valence-corrected chi connectivity index (χ1v) is 9.14. The Balaban J connectivity index is 4.28. The molecule has 172 valence electrons. The molecule has 0 aliphatic carbocycles. The van der Waals surface area contributed by atoms with Crippen LogP contribution in [0.4, 0.5) is 0 Å². The SMILES string of the molecule is COCCOCCOCC(=O)N[C@@H](C)C(=O)N[C@@H](C)C(=O)N[C@@H](CC(N)=O)C(=O)O. The number of hydrogen-bond acceptors (Lipinski definition) is 8. The second-order valence-electron chi connectivity index (χ2n) is 6.25. The molecule has 6 N–H and O–H groups in total. The smallest absolute Gasteiger partial charge is 0.326 e. The minimum absolute atomic E-state index is 0.185. The molecule has 13 nitrogen and oxygen atoms in total. The summed E-state index contributed by atoms with van der Waals surface area (Å²) in [5, 5.41) is 15.8. The standard InChI is InChI=1S/C17H30N4O9/c1-10(19-14(23)9-30-7-6-29-5-4-28-3)15(24)20-11(2)16(25)21-12(17(26)27)8-13(18)22/h10-12H,4-9H2,1-3H3,(H2,18,22)(H,19,23)(H,20,24)(H,21,25)(H,26,27)/t10-,11-,12-/m0/s1. The number of methoxy groups -OCH3 is 1. The van der Waals surface area contributed by atoms with E-state index in [0.29, 0.717) is 13.2 Å². The van der Waals surface area contributed by atoms with E-state index < -0.39 is 54.1 Å². The molecule has 13 heteroatoms. The van der Waals surface area contributed by atoms with Gasteiger partial charge in [-0.3, -0.25) is 19.2 Å². The summed E-state index contributed by atoms with van der Waals surface area (Å²) < 4.78 is 15.1. The Kier molecular flexibility index (Phi) is 13.7. The molecule has 0 bridgehead atoms. The third-order valence-corrected chi connectivity index (χ3v) is 3.58.